The Kier molecular flexibility index (Phi) is 8.87. The Morgan fingerprint density at radius 1 is 0.283 bits per heavy atom. The summed E-state index contributed by atoms with van der Waals surface area (Å²) in [5.41, 5.74) is 16.6. The van der Waals surface area contributed by atoms with E-state index in [4.69, 9.17) is 4.42 Å². The standard InChI is InChI=1S/C58H39NO/c1-2-15-40(16-3-1)41-31-33-43(34-32-41)50-22-6-9-28-55(50)59(47-37-35-44(36-38-47)52-26-14-27-54-53-24-8-11-30-57(53)60-58(52)54)56-29-10-7-23-51(56)46-20-12-19-45(39-46)49-25-13-18-42-17-4-5-21-48(42)49/h1-39H. The zero-order chi connectivity index (χ0) is 39.8. The molecule has 1 heterocycles. The number of benzene rings is 10. The third-order valence-electron chi connectivity index (χ3n) is 11.7. The third-order valence-corrected chi connectivity index (χ3v) is 11.7. The molecule has 0 aliphatic heterocycles. The number of hydrogen-bond acceptors (Lipinski definition) is 2. The maximum absolute atomic E-state index is 6.48. The maximum atomic E-state index is 6.48. The van der Waals surface area contributed by atoms with Crippen LogP contribution in [0.2, 0.25) is 0 Å². The summed E-state index contributed by atoms with van der Waals surface area (Å²) in [6, 6.07) is 84.9. The highest BCUT2D eigenvalue weighted by atomic mass is 16.3. The van der Waals surface area contributed by atoms with Crippen LogP contribution in [0.1, 0.15) is 0 Å². The van der Waals surface area contributed by atoms with Crippen molar-refractivity contribution in [1.82, 2.24) is 0 Å². The lowest BCUT2D eigenvalue weighted by molar-refractivity contribution is 0.670. The molecule has 2 heteroatoms. The van der Waals surface area contributed by atoms with Crippen LogP contribution in [0.25, 0.3) is 88.3 Å². The quantitative estimate of drug-likeness (QED) is 0.153. The number of furan rings is 1. The Hall–Kier alpha value is -7.94. The van der Waals surface area contributed by atoms with Gasteiger partial charge in [0.15, 0.2) is 0 Å². The summed E-state index contributed by atoms with van der Waals surface area (Å²) in [5, 5.41) is 4.74. The van der Waals surface area contributed by atoms with Gasteiger partial charge in [-0.2, -0.15) is 0 Å². The summed E-state index contributed by atoms with van der Waals surface area (Å²) in [5.74, 6) is 0. The predicted octanol–water partition coefficient (Wildman–Crippen LogP) is 16.5. The van der Waals surface area contributed by atoms with Crippen molar-refractivity contribution in [2.24, 2.45) is 0 Å². The molecule has 0 fully saturated rings. The van der Waals surface area contributed by atoms with Crippen molar-refractivity contribution in [3.05, 3.63) is 237 Å². The number of anilines is 3. The zero-order valence-electron chi connectivity index (χ0n) is 32.9. The number of para-hydroxylation sites is 4. The normalized spacial score (nSPS) is 11.3. The molecule has 0 bridgehead atoms. The van der Waals surface area contributed by atoms with Crippen LogP contribution in [-0.2, 0) is 0 Å². The Labute approximate surface area is 349 Å². The van der Waals surface area contributed by atoms with E-state index in [1.54, 1.807) is 0 Å². The number of fused-ring (bicyclic) bond motifs is 4. The third kappa shape index (κ3) is 6.32. The van der Waals surface area contributed by atoms with Crippen LogP contribution in [0, 0.1) is 0 Å². The van der Waals surface area contributed by atoms with Crippen molar-refractivity contribution >= 4 is 49.8 Å². The van der Waals surface area contributed by atoms with Gasteiger partial charge in [-0.05, 0) is 86.1 Å². The molecule has 0 radical (unpaired) electrons. The Bertz CT molecular complexity index is 3300. The van der Waals surface area contributed by atoms with E-state index < -0.39 is 0 Å². The number of rotatable bonds is 8. The van der Waals surface area contributed by atoms with Gasteiger partial charge < -0.3 is 9.32 Å². The molecule has 1 aromatic heterocycles. The van der Waals surface area contributed by atoms with Crippen LogP contribution < -0.4 is 4.90 Å². The van der Waals surface area contributed by atoms with Gasteiger partial charge in [-0.15, -0.1) is 0 Å². The first-order valence-corrected chi connectivity index (χ1v) is 20.5. The molecular formula is C58H39NO. The molecule has 0 aliphatic rings. The van der Waals surface area contributed by atoms with E-state index in [-0.39, 0.29) is 0 Å². The fourth-order valence-electron chi connectivity index (χ4n) is 8.80. The summed E-state index contributed by atoms with van der Waals surface area (Å²) in [7, 11) is 0. The fraction of sp³-hybridized carbons (Fsp3) is 0. The smallest absolute Gasteiger partial charge is 0.143 e. The van der Waals surface area contributed by atoms with Crippen LogP contribution in [0.15, 0.2) is 241 Å². The molecule has 0 unspecified atom stereocenters. The van der Waals surface area contributed by atoms with E-state index in [2.05, 4.69) is 229 Å². The summed E-state index contributed by atoms with van der Waals surface area (Å²) in [6.45, 7) is 0. The van der Waals surface area contributed by atoms with E-state index >= 15 is 0 Å². The van der Waals surface area contributed by atoms with Gasteiger partial charge in [0.1, 0.15) is 11.2 Å². The Morgan fingerprint density at radius 3 is 1.53 bits per heavy atom. The highest BCUT2D eigenvalue weighted by Crippen LogP contribution is 2.46. The van der Waals surface area contributed by atoms with Crippen molar-refractivity contribution in [1.29, 1.82) is 0 Å². The lowest BCUT2D eigenvalue weighted by Crippen LogP contribution is -2.12. The molecule has 2 nitrogen and oxygen atoms in total. The molecule has 0 saturated carbocycles. The molecule has 60 heavy (non-hydrogen) atoms. The number of hydrogen-bond donors (Lipinski definition) is 0. The lowest BCUT2D eigenvalue weighted by Gasteiger charge is -2.30. The molecule has 0 atom stereocenters. The summed E-state index contributed by atoms with van der Waals surface area (Å²) in [6.07, 6.45) is 0. The molecule has 282 valence electrons. The van der Waals surface area contributed by atoms with Gasteiger partial charge in [-0.3, -0.25) is 0 Å². The minimum atomic E-state index is 0.900. The molecule has 11 aromatic rings. The van der Waals surface area contributed by atoms with E-state index in [1.807, 2.05) is 12.1 Å². The van der Waals surface area contributed by atoms with E-state index in [0.29, 0.717) is 0 Å². The second-order valence-electron chi connectivity index (χ2n) is 15.2. The lowest BCUT2D eigenvalue weighted by atomic mass is 9.94. The summed E-state index contributed by atoms with van der Waals surface area (Å²) >= 11 is 0. The molecule has 0 aliphatic carbocycles. The number of nitrogens with zero attached hydrogens (tertiary/aromatic N) is 1. The monoisotopic (exact) mass is 765 g/mol. The van der Waals surface area contributed by atoms with E-state index in [0.717, 1.165) is 72.4 Å². The maximum Gasteiger partial charge on any atom is 0.143 e. The SMILES string of the molecule is c1ccc(-c2ccc(-c3ccccc3N(c3ccc(-c4cccc5c4oc4ccccc45)cc3)c3ccccc3-c3cccc(-c4cccc5ccccc45)c3)cc2)cc1. The van der Waals surface area contributed by atoms with Crippen molar-refractivity contribution in [2.75, 3.05) is 4.90 Å². The van der Waals surface area contributed by atoms with Crippen molar-refractivity contribution in [3.63, 3.8) is 0 Å². The average molecular weight is 766 g/mol. The van der Waals surface area contributed by atoms with E-state index in [9.17, 15) is 0 Å². The molecular weight excluding hydrogens is 727 g/mol. The summed E-state index contributed by atoms with van der Waals surface area (Å²) < 4.78 is 6.48. The first-order chi connectivity index (χ1) is 29.8. The Morgan fingerprint density at radius 2 is 0.750 bits per heavy atom. The molecule has 0 saturated heterocycles. The van der Waals surface area contributed by atoms with Crippen molar-refractivity contribution < 1.29 is 4.42 Å². The van der Waals surface area contributed by atoms with Crippen LogP contribution in [-0.4, -0.2) is 0 Å². The first kappa shape index (κ1) is 35.2. The largest absolute Gasteiger partial charge is 0.455 e. The van der Waals surface area contributed by atoms with Crippen molar-refractivity contribution in [3.8, 4) is 55.6 Å². The second kappa shape index (κ2) is 15.1. The summed E-state index contributed by atoms with van der Waals surface area (Å²) in [4.78, 5) is 2.42. The molecule has 0 N–H and O–H groups in total. The van der Waals surface area contributed by atoms with Crippen molar-refractivity contribution in [2.45, 2.75) is 0 Å². The van der Waals surface area contributed by atoms with Gasteiger partial charge in [-0.1, -0.05) is 200 Å². The minimum absolute atomic E-state index is 0.900. The van der Waals surface area contributed by atoms with Gasteiger partial charge in [-0.25, -0.2) is 0 Å². The van der Waals surface area contributed by atoms with Gasteiger partial charge in [0.25, 0.3) is 0 Å². The topological polar surface area (TPSA) is 16.4 Å². The van der Waals surface area contributed by atoms with Crippen LogP contribution in [0.5, 0.6) is 0 Å². The van der Waals surface area contributed by atoms with Crippen LogP contribution >= 0.6 is 0 Å². The zero-order valence-corrected chi connectivity index (χ0v) is 32.9. The second-order valence-corrected chi connectivity index (χ2v) is 15.2. The van der Waals surface area contributed by atoms with Gasteiger partial charge in [0, 0.05) is 33.2 Å². The highest BCUT2D eigenvalue weighted by molar-refractivity contribution is 6.09. The van der Waals surface area contributed by atoms with Gasteiger partial charge in [0.2, 0.25) is 0 Å². The molecule has 0 spiro atoms. The Balaban J connectivity index is 1.07. The van der Waals surface area contributed by atoms with Crippen LogP contribution in [0.4, 0.5) is 17.1 Å². The first-order valence-electron chi connectivity index (χ1n) is 20.5. The van der Waals surface area contributed by atoms with Crippen LogP contribution in [0.3, 0.4) is 0 Å². The average Bonchev–Trinajstić information content (AvgIpc) is 3.72. The molecule has 11 rings (SSSR count). The molecule has 10 aromatic carbocycles. The van der Waals surface area contributed by atoms with Gasteiger partial charge >= 0.3 is 0 Å². The highest BCUT2D eigenvalue weighted by Gasteiger charge is 2.21. The predicted molar refractivity (Wildman–Crippen MR) is 253 cm³/mol. The fourth-order valence-corrected chi connectivity index (χ4v) is 8.80. The van der Waals surface area contributed by atoms with Gasteiger partial charge in [0.05, 0.1) is 11.4 Å². The minimum Gasteiger partial charge on any atom is -0.455 e. The van der Waals surface area contributed by atoms with E-state index in [1.165, 1.54) is 33.0 Å². The molecule has 0 amide bonds.